The van der Waals surface area contributed by atoms with E-state index >= 15 is 0 Å². The molecule has 0 aliphatic carbocycles. The number of thiol groups is 1. The highest BCUT2D eigenvalue weighted by atomic mass is 32.1. The normalized spacial score (nSPS) is 5.25. The van der Waals surface area contributed by atoms with Crippen molar-refractivity contribution in [1.29, 1.82) is 0 Å². The molecule has 1 radical (unpaired) electrons. The lowest BCUT2D eigenvalue weighted by Gasteiger charge is -1.52. The van der Waals surface area contributed by atoms with Crippen molar-refractivity contribution in [2.24, 2.45) is 0 Å². The zero-order valence-electron chi connectivity index (χ0n) is 2.31. The summed E-state index contributed by atoms with van der Waals surface area (Å²) < 4.78 is 0. The van der Waals surface area contributed by atoms with Gasteiger partial charge >= 0.3 is 0 Å². The molecule has 0 heterocycles. The lowest BCUT2D eigenvalue weighted by molar-refractivity contribution is 2.62. The first-order valence-corrected chi connectivity index (χ1v) is 1.52. The van der Waals surface area contributed by atoms with Crippen LogP contribution in [0.25, 0.3) is 0 Å². The maximum absolute atomic E-state index is 3.68. The van der Waals surface area contributed by atoms with Gasteiger partial charge in [0.25, 0.3) is 0 Å². The van der Waals surface area contributed by atoms with Crippen LogP contribution in [0.5, 0.6) is 0 Å². The fourth-order valence-electron chi connectivity index (χ4n) is 0. The smallest absolute Gasteiger partial charge is 0.215 e. The third kappa shape index (κ3) is 2.15. The molecule has 0 atom stereocenters. The van der Waals surface area contributed by atoms with Gasteiger partial charge in [0.15, 0.2) is 0 Å². The second-order valence-electron chi connectivity index (χ2n) is 0.385. The van der Waals surface area contributed by atoms with Crippen molar-refractivity contribution >= 4 is 19.0 Å². The summed E-state index contributed by atoms with van der Waals surface area (Å²) in [6.45, 7) is 4.93. The number of hydrogen-bond acceptors (Lipinski definition) is 1. The van der Waals surface area contributed by atoms with E-state index in [1.54, 1.807) is 12.5 Å². The van der Waals surface area contributed by atoms with E-state index in [0.29, 0.717) is 0 Å². The maximum Gasteiger partial charge on any atom is 0.215 e. The Morgan fingerprint density at radius 1 is 2.00 bits per heavy atom. The average Bonchev–Trinajstić information content (AvgIpc) is 1.37. The second-order valence-corrected chi connectivity index (χ2v) is 0.683. The van der Waals surface area contributed by atoms with Gasteiger partial charge in [-0.15, -0.1) is 12.6 Å². The third-order valence-corrected chi connectivity index (χ3v) is 0.316. The molecule has 0 aromatic rings. The van der Waals surface area contributed by atoms with Crippen molar-refractivity contribution in [1.82, 2.24) is 0 Å². The zero-order chi connectivity index (χ0) is 3.41. The van der Waals surface area contributed by atoms with Crippen molar-refractivity contribution in [3.8, 4) is 0 Å². The van der Waals surface area contributed by atoms with Crippen LogP contribution in [0.1, 0.15) is 0 Å². The third-order valence-electron chi connectivity index (χ3n) is 0.105. The van der Waals surface area contributed by atoms with Crippen molar-refractivity contribution in [3.05, 3.63) is 12.6 Å². The first-order chi connectivity index (χ1) is 1.91. The van der Waals surface area contributed by atoms with Crippen molar-refractivity contribution in [2.75, 3.05) is 0 Å². The van der Waals surface area contributed by atoms with E-state index in [2.05, 4.69) is 19.1 Å². The highest BCUT2D eigenvalue weighted by molar-refractivity contribution is 8.07. The quantitative estimate of drug-likeness (QED) is 0.341. The molecule has 0 N–H and O–H groups in total. The van der Waals surface area contributed by atoms with Crippen LogP contribution >= 0.6 is 12.5 Å². The van der Waals surface area contributed by atoms with Crippen LogP contribution in [-0.2, 0) is 0 Å². The van der Waals surface area contributed by atoms with Gasteiger partial charge in [0.05, 0.1) is 0 Å². The Morgan fingerprint density at radius 3 is 2.25 bits per heavy atom. The molecule has 0 saturated heterocycles. The molecule has 0 aliphatic heterocycles. The summed E-state index contributed by atoms with van der Waals surface area (Å²) in [5.41, 5.74) is 0. The van der Waals surface area contributed by atoms with Crippen LogP contribution < -0.4 is 0 Å². The standard InChI is InChI=1S/C2H4BS/c1-2-3-4/h2,4H,1H2. The Morgan fingerprint density at radius 2 is 2.25 bits per heavy atom. The molecule has 0 nitrogen and oxygen atoms in total. The SMILES string of the molecule is C=C[B]S. The van der Waals surface area contributed by atoms with Gasteiger partial charge in [-0.2, -0.15) is 0 Å². The van der Waals surface area contributed by atoms with Crippen LogP contribution in [-0.4, -0.2) is 6.56 Å². The molecule has 0 spiro atoms. The van der Waals surface area contributed by atoms with Gasteiger partial charge in [-0.1, -0.05) is 0 Å². The first-order valence-electron chi connectivity index (χ1n) is 1.000. The second kappa shape index (κ2) is 3.15. The number of hydrogen-bond donors (Lipinski definition) is 1. The highest BCUT2D eigenvalue weighted by Crippen LogP contribution is 1.59. The molecule has 0 fully saturated rings. The number of rotatable bonds is 1. The van der Waals surface area contributed by atoms with E-state index in [9.17, 15) is 0 Å². The van der Waals surface area contributed by atoms with Crippen LogP contribution in [0, 0.1) is 0 Å². The minimum atomic E-state index is 1.58. The molecule has 0 unspecified atom stereocenters. The topological polar surface area (TPSA) is 0 Å². The fraction of sp³-hybridized carbons (Fsp3) is 0. The molecular weight excluding hydrogens is 66.9 g/mol. The van der Waals surface area contributed by atoms with Gasteiger partial charge in [0.1, 0.15) is 0 Å². The van der Waals surface area contributed by atoms with Crippen LogP contribution in [0.2, 0.25) is 0 Å². The summed E-state index contributed by atoms with van der Waals surface area (Å²) in [5.74, 6) is 1.61. The van der Waals surface area contributed by atoms with Crippen LogP contribution in [0.4, 0.5) is 0 Å². The minimum absolute atomic E-state index is 1.58. The monoisotopic (exact) mass is 71.0 g/mol. The van der Waals surface area contributed by atoms with E-state index in [0.717, 1.165) is 0 Å². The lowest BCUT2D eigenvalue weighted by atomic mass is 10.1. The Bertz CT molecular complexity index is 20.0. The van der Waals surface area contributed by atoms with Crippen molar-refractivity contribution in [3.63, 3.8) is 0 Å². The molecule has 4 heavy (non-hydrogen) atoms. The zero-order valence-corrected chi connectivity index (χ0v) is 3.20. The summed E-state index contributed by atoms with van der Waals surface area (Å²) in [7, 11) is 0. The van der Waals surface area contributed by atoms with Crippen molar-refractivity contribution < 1.29 is 0 Å². The molecule has 0 aliphatic rings. The van der Waals surface area contributed by atoms with Crippen LogP contribution in [0.3, 0.4) is 0 Å². The molecule has 0 rings (SSSR count). The van der Waals surface area contributed by atoms with Gasteiger partial charge in [0, 0.05) is 0 Å². The van der Waals surface area contributed by atoms with E-state index in [1.807, 2.05) is 0 Å². The molecule has 0 bridgehead atoms. The summed E-state index contributed by atoms with van der Waals surface area (Å²) in [5, 5.41) is 0. The van der Waals surface area contributed by atoms with Gasteiger partial charge in [-0.25, -0.2) is 12.5 Å². The van der Waals surface area contributed by atoms with Gasteiger partial charge < -0.3 is 0 Å². The Balaban J connectivity index is 2.30. The highest BCUT2D eigenvalue weighted by Gasteiger charge is 1.53. The van der Waals surface area contributed by atoms with Crippen LogP contribution in [0.15, 0.2) is 12.6 Å². The molecule has 0 aromatic heterocycles. The first kappa shape index (κ1) is 4.15. The summed E-state index contributed by atoms with van der Waals surface area (Å²) >= 11 is 3.68. The van der Waals surface area contributed by atoms with Crippen molar-refractivity contribution in [2.45, 2.75) is 0 Å². The Hall–Kier alpha value is 0.155. The van der Waals surface area contributed by atoms with E-state index < -0.39 is 0 Å². The van der Waals surface area contributed by atoms with E-state index in [-0.39, 0.29) is 0 Å². The lowest BCUT2D eigenvalue weighted by Crippen LogP contribution is -1.55. The predicted molar refractivity (Wildman–Crippen MR) is 24.9 cm³/mol. The Kier molecular flexibility index (Phi) is 3.28. The van der Waals surface area contributed by atoms with E-state index in [1.165, 1.54) is 0 Å². The van der Waals surface area contributed by atoms with Gasteiger partial charge in [-0.05, 0) is 0 Å². The maximum atomic E-state index is 3.68. The molecule has 2 heteroatoms. The minimum Gasteiger partial charge on any atom is -0.229 e. The predicted octanol–water partition coefficient (Wildman–Crippen LogP) is 0.679. The summed E-state index contributed by atoms with van der Waals surface area (Å²) in [4.78, 5) is 0. The molecule has 0 amide bonds. The fourth-order valence-corrected chi connectivity index (χ4v) is 0. The molecule has 0 saturated carbocycles. The molecular formula is C2H4BS. The average molecular weight is 70.9 g/mol. The Labute approximate surface area is 32.5 Å². The summed E-state index contributed by atoms with van der Waals surface area (Å²) in [6.07, 6.45) is 0. The van der Waals surface area contributed by atoms with E-state index in [4.69, 9.17) is 0 Å². The summed E-state index contributed by atoms with van der Waals surface area (Å²) in [6, 6.07) is 0. The largest absolute Gasteiger partial charge is 0.229 e. The molecule has 0 aromatic carbocycles. The van der Waals surface area contributed by atoms with Gasteiger partial charge in [0.2, 0.25) is 6.56 Å². The van der Waals surface area contributed by atoms with Gasteiger partial charge in [-0.3, -0.25) is 0 Å². The molecule has 21 valence electrons.